The zero-order valence-electron chi connectivity index (χ0n) is 19.5. The zero-order valence-corrected chi connectivity index (χ0v) is 19.5. The van der Waals surface area contributed by atoms with Gasteiger partial charge >= 0.3 is 0 Å². The summed E-state index contributed by atoms with van der Waals surface area (Å²) in [6.07, 6.45) is 2.98. The monoisotopic (exact) mass is 488 g/mol. The molecule has 3 aromatic rings. The molecule has 0 aliphatic heterocycles. The van der Waals surface area contributed by atoms with Gasteiger partial charge in [-0.1, -0.05) is 43.7 Å². The van der Waals surface area contributed by atoms with Gasteiger partial charge in [-0.15, -0.1) is 6.58 Å². The maximum Gasteiger partial charge on any atom is 0.201 e. The second-order valence-corrected chi connectivity index (χ2v) is 8.08. The van der Waals surface area contributed by atoms with Gasteiger partial charge in [0.05, 0.1) is 12.7 Å². The minimum atomic E-state index is -1.09. The first-order valence-electron chi connectivity index (χ1n) is 11.5. The van der Waals surface area contributed by atoms with E-state index in [-0.39, 0.29) is 35.7 Å². The van der Waals surface area contributed by atoms with Crippen molar-refractivity contribution in [2.24, 2.45) is 0 Å². The molecular weight excluding hydrogens is 460 g/mol. The summed E-state index contributed by atoms with van der Waals surface area (Å²) < 4.78 is 68.6. The van der Waals surface area contributed by atoms with E-state index in [1.54, 1.807) is 18.2 Å². The molecule has 1 unspecified atom stereocenters. The molecule has 186 valence electrons. The molecule has 0 aliphatic carbocycles. The molecule has 35 heavy (non-hydrogen) atoms. The number of aliphatic hydroxyl groups is 1. The summed E-state index contributed by atoms with van der Waals surface area (Å²) in [5.74, 6) is -4.06. The number of unbranched alkanes of at least 4 members (excludes halogenated alkanes) is 1. The summed E-state index contributed by atoms with van der Waals surface area (Å²) in [6.45, 7) is 5.45. The Morgan fingerprint density at radius 2 is 1.63 bits per heavy atom. The lowest BCUT2D eigenvalue weighted by molar-refractivity contribution is 0.160. The second kappa shape index (κ2) is 12.4. The quantitative estimate of drug-likeness (QED) is 0.162. The average Bonchev–Trinajstić information content (AvgIpc) is 2.86. The summed E-state index contributed by atoms with van der Waals surface area (Å²) in [5, 5.41) is 9.96. The Morgan fingerprint density at radius 1 is 0.886 bits per heavy atom. The summed E-state index contributed by atoms with van der Waals surface area (Å²) in [5.41, 5.74) is 0.385. The minimum Gasteiger partial charge on any atom is -0.490 e. The number of halogens is 4. The Balaban J connectivity index is 1.67. The van der Waals surface area contributed by atoms with Gasteiger partial charge in [0, 0.05) is 16.7 Å². The molecule has 1 atom stereocenters. The van der Waals surface area contributed by atoms with E-state index in [2.05, 4.69) is 6.58 Å². The third-order valence-electron chi connectivity index (χ3n) is 5.53. The van der Waals surface area contributed by atoms with Gasteiger partial charge in [-0.3, -0.25) is 0 Å². The number of ether oxygens (including phenoxy) is 2. The highest BCUT2D eigenvalue weighted by Gasteiger charge is 2.19. The molecule has 3 rings (SSSR count). The van der Waals surface area contributed by atoms with Crippen LogP contribution in [0.5, 0.6) is 11.5 Å². The second-order valence-electron chi connectivity index (χ2n) is 8.08. The molecule has 0 amide bonds. The largest absolute Gasteiger partial charge is 0.490 e. The number of hydrogen-bond donors (Lipinski definition) is 1. The van der Waals surface area contributed by atoms with Crippen molar-refractivity contribution in [1.82, 2.24) is 0 Å². The van der Waals surface area contributed by atoms with Gasteiger partial charge in [0.25, 0.3) is 0 Å². The summed E-state index contributed by atoms with van der Waals surface area (Å²) >= 11 is 0. The van der Waals surface area contributed by atoms with E-state index in [0.717, 1.165) is 0 Å². The van der Waals surface area contributed by atoms with Gasteiger partial charge in [0.15, 0.2) is 23.2 Å². The topological polar surface area (TPSA) is 38.7 Å². The standard InChI is InChI=1S/C28H28F4O3/c1-3-5-6-16-34-24-15-14-21(26(30)28(24)32)18-8-11-20(12-9-18)35-17-19-10-13-22(23(33)7-4-2)27(31)25(19)29/h3,8-15,23,33H,1,4-7,16-17H2,2H3. The SMILES string of the molecule is C=CCCCOc1ccc(-c2ccc(OCc3ccc(C(O)CCC)c(F)c3F)cc2)c(F)c1F. The molecule has 0 aliphatic rings. The number of aliphatic hydroxyl groups excluding tert-OH is 1. The molecule has 0 saturated carbocycles. The van der Waals surface area contributed by atoms with Crippen LogP contribution in [-0.4, -0.2) is 11.7 Å². The van der Waals surface area contributed by atoms with Crippen molar-refractivity contribution in [3.8, 4) is 22.6 Å². The lowest BCUT2D eigenvalue weighted by Crippen LogP contribution is -2.07. The molecule has 0 aromatic heterocycles. The average molecular weight is 489 g/mol. The van der Waals surface area contributed by atoms with Gasteiger partial charge in [0.1, 0.15) is 12.4 Å². The van der Waals surface area contributed by atoms with E-state index in [9.17, 15) is 22.7 Å². The van der Waals surface area contributed by atoms with Crippen LogP contribution in [-0.2, 0) is 6.61 Å². The minimum absolute atomic E-state index is 0.00387. The van der Waals surface area contributed by atoms with Crippen molar-refractivity contribution in [1.29, 1.82) is 0 Å². The number of rotatable bonds is 12. The Bertz CT molecular complexity index is 1150. The van der Waals surface area contributed by atoms with E-state index < -0.39 is 29.4 Å². The van der Waals surface area contributed by atoms with Crippen LogP contribution in [0.4, 0.5) is 17.6 Å². The van der Waals surface area contributed by atoms with Crippen LogP contribution in [0.3, 0.4) is 0 Å². The molecule has 3 aromatic carbocycles. The van der Waals surface area contributed by atoms with E-state index in [1.807, 2.05) is 6.92 Å². The van der Waals surface area contributed by atoms with E-state index in [0.29, 0.717) is 37.0 Å². The normalized spacial score (nSPS) is 11.8. The van der Waals surface area contributed by atoms with Gasteiger partial charge in [-0.05, 0) is 49.1 Å². The fraction of sp³-hybridized carbons (Fsp3) is 0.286. The maximum atomic E-state index is 14.6. The number of benzene rings is 3. The molecule has 0 fully saturated rings. The fourth-order valence-electron chi connectivity index (χ4n) is 3.57. The highest BCUT2D eigenvalue weighted by molar-refractivity contribution is 5.66. The lowest BCUT2D eigenvalue weighted by atomic mass is 10.0. The lowest BCUT2D eigenvalue weighted by Gasteiger charge is -2.14. The van der Waals surface area contributed by atoms with Crippen molar-refractivity contribution in [3.05, 3.63) is 95.6 Å². The Labute approximate surface area is 202 Å². The first-order chi connectivity index (χ1) is 16.9. The maximum absolute atomic E-state index is 14.6. The molecule has 3 nitrogen and oxygen atoms in total. The van der Waals surface area contributed by atoms with E-state index in [4.69, 9.17) is 9.47 Å². The number of allylic oxidation sites excluding steroid dienone is 1. The van der Waals surface area contributed by atoms with Crippen LogP contribution in [0.15, 0.2) is 61.2 Å². The third-order valence-corrected chi connectivity index (χ3v) is 5.53. The predicted octanol–water partition coefficient (Wildman–Crippen LogP) is 7.67. The van der Waals surface area contributed by atoms with Crippen molar-refractivity contribution in [2.45, 2.75) is 45.3 Å². The molecular formula is C28H28F4O3. The van der Waals surface area contributed by atoms with Crippen molar-refractivity contribution in [3.63, 3.8) is 0 Å². The van der Waals surface area contributed by atoms with Gasteiger partial charge < -0.3 is 14.6 Å². The summed E-state index contributed by atoms with van der Waals surface area (Å²) in [7, 11) is 0. The van der Waals surface area contributed by atoms with Crippen LogP contribution in [0.2, 0.25) is 0 Å². The fourth-order valence-corrected chi connectivity index (χ4v) is 3.57. The van der Waals surface area contributed by atoms with Crippen molar-refractivity contribution >= 4 is 0 Å². The first-order valence-corrected chi connectivity index (χ1v) is 11.5. The summed E-state index contributed by atoms with van der Waals surface area (Å²) in [4.78, 5) is 0. The molecule has 0 saturated heterocycles. The molecule has 0 bridgehead atoms. The van der Waals surface area contributed by atoms with Crippen LogP contribution in [0.1, 0.15) is 49.8 Å². The van der Waals surface area contributed by atoms with Crippen LogP contribution in [0.25, 0.3) is 11.1 Å². The molecule has 0 spiro atoms. The highest BCUT2D eigenvalue weighted by Crippen LogP contribution is 2.31. The van der Waals surface area contributed by atoms with Crippen molar-refractivity contribution < 1.29 is 32.1 Å². The molecule has 0 heterocycles. The Morgan fingerprint density at radius 3 is 2.31 bits per heavy atom. The third kappa shape index (κ3) is 6.42. The zero-order chi connectivity index (χ0) is 25.4. The van der Waals surface area contributed by atoms with Crippen LogP contribution >= 0.6 is 0 Å². The highest BCUT2D eigenvalue weighted by atomic mass is 19.2. The van der Waals surface area contributed by atoms with E-state index >= 15 is 0 Å². The van der Waals surface area contributed by atoms with Crippen LogP contribution < -0.4 is 9.47 Å². The molecule has 7 heteroatoms. The smallest absolute Gasteiger partial charge is 0.201 e. The Kier molecular flexibility index (Phi) is 9.32. The predicted molar refractivity (Wildman–Crippen MR) is 127 cm³/mol. The molecule has 1 N–H and O–H groups in total. The van der Waals surface area contributed by atoms with Crippen molar-refractivity contribution in [2.75, 3.05) is 6.61 Å². The van der Waals surface area contributed by atoms with Crippen LogP contribution in [0, 0.1) is 23.3 Å². The van der Waals surface area contributed by atoms with Gasteiger partial charge in [-0.2, -0.15) is 4.39 Å². The van der Waals surface area contributed by atoms with E-state index in [1.165, 1.54) is 36.4 Å². The molecule has 0 radical (unpaired) electrons. The van der Waals surface area contributed by atoms with Gasteiger partial charge in [-0.25, -0.2) is 13.2 Å². The first kappa shape index (κ1) is 26.3. The van der Waals surface area contributed by atoms with Gasteiger partial charge in [0.2, 0.25) is 5.82 Å². The summed E-state index contributed by atoms with van der Waals surface area (Å²) in [6, 6.07) is 11.7. The number of hydrogen-bond acceptors (Lipinski definition) is 3. The Hall–Kier alpha value is -3.32.